The lowest BCUT2D eigenvalue weighted by Crippen LogP contribution is -2.54. The summed E-state index contributed by atoms with van der Waals surface area (Å²) in [6.07, 6.45) is -6.15. The Hall–Kier alpha value is -3.09. The van der Waals surface area contributed by atoms with Gasteiger partial charge in [-0.05, 0) is 31.4 Å². The number of nitrogens with one attached hydrogen (secondary N) is 1. The second-order valence-corrected chi connectivity index (χ2v) is 9.90. The number of benzene rings is 1. The molecule has 2 aliphatic rings. The van der Waals surface area contributed by atoms with Gasteiger partial charge in [0.15, 0.2) is 5.69 Å². The van der Waals surface area contributed by atoms with E-state index >= 15 is 0 Å². The predicted octanol–water partition coefficient (Wildman–Crippen LogP) is 5.14. The van der Waals surface area contributed by atoms with Crippen molar-refractivity contribution in [2.75, 3.05) is 19.6 Å². The number of halogens is 6. The van der Waals surface area contributed by atoms with Crippen molar-refractivity contribution in [1.29, 1.82) is 0 Å². The third-order valence-corrected chi connectivity index (χ3v) is 7.12. The molecule has 1 amide bonds. The van der Waals surface area contributed by atoms with Gasteiger partial charge in [0, 0.05) is 31.2 Å². The zero-order valence-corrected chi connectivity index (χ0v) is 20.4. The van der Waals surface area contributed by atoms with E-state index in [1.807, 2.05) is 0 Å². The summed E-state index contributed by atoms with van der Waals surface area (Å²) in [5, 5.41) is 16.2. The Morgan fingerprint density at radius 2 is 1.74 bits per heavy atom. The average molecular weight is 547 g/mol. The normalized spacial score (nSPS) is 18.4. The van der Waals surface area contributed by atoms with Crippen LogP contribution in [-0.2, 0) is 11.0 Å². The van der Waals surface area contributed by atoms with E-state index in [1.54, 1.807) is 0 Å². The zero-order chi connectivity index (χ0) is 27.7. The first kappa shape index (κ1) is 27.9. The molecule has 4 rings (SSSR count). The Labute approximate surface area is 214 Å². The summed E-state index contributed by atoms with van der Waals surface area (Å²) in [4.78, 5) is 26.0. The van der Waals surface area contributed by atoms with Crippen LogP contribution in [0.4, 0.5) is 26.3 Å². The van der Waals surface area contributed by atoms with E-state index in [9.17, 15) is 41.0 Å². The molecule has 38 heavy (non-hydrogen) atoms. The van der Waals surface area contributed by atoms with Gasteiger partial charge in [-0.25, -0.2) is 0 Å². The van der Waals surface area contributed by atoms with E-state index in [0.29, 0.717) is 12.8 Å². The van der Waals surface area contributed by atoms with Crippen LogP contribution < -0.4 is 5.32 Å². The Morgan fingerprint density at radius 3 is 2.34 bits per heavy atom. The van der Waals surface area contributed by atoms with E-state index in [2.05, 4.69) is 10.4 Å². The van der Waals surface area contributed by atoms with E-state index in [0.717, 1.165) is 18.9 Å². The van der Waals surface area contributed by atoms with Crippen molar-refractivity contribution in [1.82, 2.24) is 20.0 Å². The molecule has 1 aliphatic heterocycles. The average Bonchev–Trinajstić information content (AvgIpc) is 3.46. The van der Waals surface area contributed by atoms with Crippen LogP contribution in [0.25, 0.3) is 11.3 Å². The van der Waals surface area contributed by atoms with Crippen LogP contribution in [0.3, 0.4) is 0 Å². The van der Waals surface area contributed by atoms with Crippen LogP contribution >= 0.6 is 0 Å². The predicted molar refractivity (Wildman–Crippen MR) is 124 cm³/mol. The van der Waals surface area contributed by atoms with Crippen molar-refractivity contribution in [2.24, 2.45) is 5.92 Å². The second kappa shape index (κ2) is 11.0. The summed E-state index contributed by atoms with van der Waals surface area (Å²) in [5.74, 6) is -3.38. The fourth-order valence-corrected chi connectivity index (χ4v) is 5.08. The minimum Gasteiger partial charge on any atom is -0.481 e. The number of hydrogen-bond acceptors (Lipinski definition) is 4. The highest BCUT2D eigenvalue weighted by Gasteiger charge is 2.46. The molecule has 1 saturated heterocycles. The fourth-order valence-electron chi connectivity index (χ4n) is 5.08. The van der Waals surface area contributed by atoms with Crippen molar-refractivity contribution in [3.05, 3.63) is 41.6 Å². The van der Waals surface area contributed by atoms with Crippen molar-refractivity contribution in [3.8, 4) is 11.3 Å². The van der Waals surface area contributed by atoms with Gasteiger partial charge in [-0.2, -0.15) is 31.4 Å². The molecule has 1 aromatic heterocycles. The van der Waals surface area contributed by atoms with Gasteiger partial charge in [0.2, 0.25) is 0 Å². The fraction of sp³-hybridized carbons (Fsp3) is 0.560. The largest absolute Gasteiger partial charge is 0.481 e. The van der Waals surface area contributed by atoms with Gasteiger partial charge in [-0.1, -0.05) is 31.0 Å². The van der Waals surface area contributed by atoms with Gasteiger partial charge in [0.25, 0.3) is 5.91 Å². The molecule has 7 nitrogen and oxygen atoms in total. The first-order valence-corrected chi connectivity index (χ1v) is 12.4. The summed E-state index contributed by atoms with van der Waals surface area (Å²) in [7, 11) is 0. The first-order valence-electron chi connectivity index (χ1n) is 12.4. The Morgan fingerprint density at radius 1 is 1.08 bits per heavy atom. The van der Waals surface area contributed by atoms with Crippen molar-refractivity contribution in [2.45, 2.75) is 63.0 Å². The Balaban J connectivity index is 1.53. The van der Waals surface area contributed by atoms with Crippen LogP contribution in [0, 0.1) is 5.92 Å². The number of likely N-dealkylation sites (tertiary alicyclic amines) is 1. The zero-order valence-electron chi connectivity index (χ0n) is 20.4. The van der Waals surface area contributed by atoms with E-state index in [-0.39, 0.29) is 49.0 Å². The molecular formula is C25H28F6N4O3. The number of hydrogen-bond donors (Lipinski definition) is 2. The molecule has 2 heterocycles. The maximum absolute atomic E-state index is 13.7. The SMILES string of the molecule is O=C(O)C[C@H](CCN1CC(C(F)(F)F)C1)NC(=O)c1cc(-c2ccccc2C(F)(F)F)n(C2CCCC2)n1. The molecular weight excluding hydrogens is 518 g/mol. The molecule has 0 unspecified atom stereocenters. The maximum atomic E-state index is 13.7. The molecule has 13 heteroatoms. The third kappa shape index (κ3) is 6.48. The highest BCUT2D eigenvalue weighted by Crippen LogP contribution is 2.40. The monoisotopic (exact) mass is 546 g/mol. The summed E-state index contributed by atoms with van der Waals surface area (Å²) in [6.45, 7) is -0.221. The number of rotatable bonds is 9. The summed E-state index contributed by atoms with van der Waals surface area (Å²) < 4.78 is 80.9. The molecule has 0 radical (unpaired) electrons. The van der Waals surface area contributed by atoms with Crippen LogP contribution in [0.15, 0.2) is 30.3 Å². The molecule has 1 saturated carbocycles. The van der Waals surface area contributed by atoms with Gasteiger partial charge in [0.1, 0.15) is 0 Å². The highest BCUT2D eigenvalue weighted by molar-refractivity contribution is 5.94. The summed E-state index contributed by atoms with van der Waals surface area (Å²) in [5.41, 5.74) is -0.983. The number of amides is 1. The van der Waals surface area contributed by atoms with Gasteiger partial charge >= 0.3 is 18.3 Å². The van der Waals surface area contributed by atoms with Crippen molar-refractivity contribution in [3.63, 3.8) is 0 Å². The lowest BCUT2D eigenvalue weighted by molar-refractivity contribution is -0.209. The van der Waals surface area contributed by atoms with Crippen molar-refractivity contribution >= 4 is 11.9 Å². The maximum Gasteiger partial charge on any atom is 0.417 e. The van der Waals surface area contributed by atoms with E-state index in [4.69, 9.17) is 0 Å². The number of aromatic nitrogens is 2. The number of carboxylic acid groups (broad SMARTS) is 1. The molecule has 1 atom stereocenters. The number of alkyl halides is 6. The number of carboxylic acids is 1. The van der Waals surface area contributed by atoms with Gasteiger partial charge < -0.3 is 15.3 Å². The highest BCUT2D eigenvalue weighted by atomic mass is 19.4. The molecule has 1 aromatic carbocycles. The molecule has 2 fully saturated rings. The number of carbonyl (C=O) groups excluding carboxylic acids is 1. The van der Waals surface area contributed by atoms with Crippen LogP contribution in [0.5, 0.6) is 0 Å². The standard InChI is InChI=1S/C25H28F6N4O3/c26-24(27,28)15-13-34(14-15)10-9-16(11-22(36)37)32-23(38)20-12-21(35(33-20)17-5-1-2-6-17)18-7-3-4-8-19(18)25(29,30)31/h3-4,7-8,12,15-17H,1-2,5-6,9-11,13-14H2,(H,32,38)(H,36,37)/t16-/m0/s1. The number of carbonyl (C=O) groups is 2. The van der Waals surface area contributed by atoms with Crippen LogP contribution in [-0.4, -0.2) is 63.5 Å². The molecule has 2 aromatic rings. The molecule has 0 bridgehead atoms. The Bertz CT molecular complexity index is 1150. The lowest BCUT2D eigenvalue weighted by Gasteiger charge is -2.40. The quantitative estimate of drug-likeness (QED) is 0.426. The molecule has 208 valence electrons. The smallest absolute Gasteiger partial charge is 0.417 e. The number of aliphatic carboxylic acids is 1. The molecule has 2 N–H and O–H groups in total. The molecule has 1 aliphatic carbocycles. The van der Waals surface area contributed by atoms with Gasteiger partial charge in [-0.3, -0.25) is 14.3 Å². The van der Waals surface area contributed by atoms with Crippen LogP contribution in [0.2, 0.25) is 0 Å². The summed E-state index contributed by atoms with van der Waals surface area (Å²) >= 11 is 0. The second-order valence-electron chi connectivity index (χ2n) is 9.90. The minimum atomic E-state index is -4.63. The van der Waals surface area contributed by atoms with Gasteiger partial charge in [-0.15, -0.1) is 0 Å². The summed E-state index contributed by atoms with van der Waals surface area (Å²) in [6, 6.07) is 5.23. The van der Waals surface area contributed by atoms with Gasteiger partial charge in [0.05, 0.1) is 29.6 Å². The Kier molecular flexibility index (Phi) is 8.05. The molecule has 0 spiro atoms. The van der Waals surface area contributed by atoms with Crippen molar-refractivity contribution < 1.29 is 41.0 Å². The van der Waals surface area contributed by atoms with E-state index in [1.165, 1.54) is 33.8 Å². The first-order chi connectivity index (χ1) is 17.8. The van der Waals surface area contributed by atoms with E-state index < -0.39 is 48.2 Å². The minimum absolute atomic E-state index is 0.0930. The topological polar surface area (TPSA) is 87.5 Å². The number of nitrogens with zero attached hydrogens (tertiary/aromatic N) is 3. The third-order valence-electron chi connectivity index (χ3n) is 7.12. The lowest BCUT2D eigenvalue weighted by atomic mass is 9.98. The van der Waals surface area contributed by atoms with Crippen LogP contribution in [0.1, 0.15) is 60.6 Å².